The van der Waals surface area contributed by atoms with E-state index in [1.807, 2.05) is 0 Å². The first kappa shape index (κ1) is 21.4. The van der Waals surface area contributed by atoms with Crippen LogP contribution in [0.5, 0.6) is 11.5 Å². The maximum atomic E-state index is 14.2. The van der Waals surface area contributed by atoms with Crippen molar-refractivity contribution < 1.29 is 28.2 Å². The molecule has 4 rings (SSSR count). The molecule has 0 saturated carbocycles. The van der Waals surface area contributed by atoms with Crippen LogP contribution in [0.25, 0.3) is 21.2 Å². The molecule has 0 aliphatic heterocycles. The van der Waals surface area contributed by atoms with Crippen LogP contribution in [0.15, 0.2) is 53.5 Å². The van der Waals surface area contributed by atoms with E-state index in [1.54, 1.807) is 0 Å². The van der Waals surface area contributed by atoms with E-state index in [1.165, 1.54) is 49.0 Å². The molecule has 32 heavy (non-hydrogen) atoms. The lowest BCUT2D eigenvalue weighted by Gasteiger charge is -2.15. The molecule has 2 heterocycles. The smallest absolute Gasteiger partial charge is 0.345 e. The van der Waals surface area contributed by atoms with Gasteiger partial charge in [-0.3, -0.25) is 9.59 Å². The number of ether oxygens (including phenoxy) is 1. The molecule has 0 bridgehead atoms. The molecule has 9 heteroatoms. The number of rotatable bonds is 5. The Morgan fingerprint density at radius 1 is 1.03 bits per heavy atom. The molecule has 0 amide bonds. The lowest BCUT2D eigenvalue weighted by Crippen LogP contribution is -2.15. The van der Waals surface area contributed by atoms with Gasteiger partial charge in [-0.1, -0.05) is 0 Å². The van der Waals surface area contributed by atoms with Crippen LogP contribution >= 0.6 is 11.3 Å². The van der Waals surface area contributed by atoms with Crippen LogP contribution in [0.3, 0.4) is 0 Å². The fourth-order valence-corrected chi connectivity index (χ4v) is 4.27. The molecule has 1 N–H and O–H groups in total. The first-order valence-corrected chi connectivity index (χ1v) is 10.1. The van der Waals surface area contributed by atoms with Crippen molar-refractivity contribution in [2.24, 2.45) is 7.05 Å². The van der Waals surface area contributed by atoms with Gasteiger partial charge in [-0.2, -0.15) is 0 Å². The average molecular weight is 455 g/mol. The quantitative estimate of drug-likeness (QED) is 0.416. The molecule has 2 aromatic carbocycles. The highest BCUT2D eigenvalue weighted by Gasteiger charge is 2.20. The number of hydrogen-bond acceptors (Lipinski definition) is 5. The number of fused-ring (bicyclic) bond motifs is 1. The number of nitrogens with zero attached hydrogens (tertiary/aromatic N) is 1. The number of carbonyl (C=O) groups excluding carboxylic acids is 1. The maximum absolute atomic E-state index is 14.2. The Morgan fingerprint density at radius 3 is 2.41 bits per heavy atom. The highest BCUT2D eigenvalue weighted by Crippen LogP contribution is 2.39. The number of thiophene rings is 1. The van der Waals surface area contributed by atoms with E-state index >= 15 is 0 Å². The van der Waals surface area contributed by atoms with Crippen molar-refractivity contribution in [1.29, 1.82) is 0 Å². The summed E-state index contributed by atoms with van der Waals surface area (Å²) in [6.45, 7) is 1.38. The van der Waals surface area contributed by atoms with Crippen LogP contribution in [0.4, 0.5) is 8.78 Å². The van der Waals surface area contributed by atoms with Crippen molar-refractivity contribution in [3.05, 3.63) is 81.1 Å². The number of ketones is 1. The summed E-state index contributed by atoms with van der Waals surface area (Å²) in [5.74, 6) is -3.18. The largest absolute Gasteiger partial charge is 0.477 e. The van der Waals surface area contributed by atoms with E-state index in [2.05, 4.69) is 0 Å². The second-order valence-electron chi connectivity index (χ2n) is 7.06. The van der Waals surface area contributed by atoms with Crippen molar-refractivity contribution in [2.75, 3.05) is 0 Å². The zero-order valence-electron chi connectivity index (χ0n) is 16.8. The average Bonchev–Trinajstić information content (AvgIpc) is 3.19. The number of halogens is 2. The summed E-state index contributed by atoms with van der Waals surface area (Å²) >= 11 is 0.837. The van der Waals surface area contributed by atoms with E-state index < -0.39 is 17.6 Å². The summed E-state index contributed by atoms with van der Waals surface area (Å²) in [7, 11) is 1.51. The maximum Gasteiger partial charge on any atom is 0.345 e. The molecule has 0 aliphatic carbocycles. The topological polar surface area (TPSA) is 85.6 Å². The summed E-state index contributed by atoms with van der Waals surface area (Å²) in [5, 5.41) is 9.75. The first-order chi connectivity index (χ1) is 15.2. The number of hydrogen-bond donors (Lipinski definition) is 1. The lowest BCUT2D eigenvalue weighted by atomic mass is 9.99. The number of carboxylic acid groups (broad SMARTS) is 1. The molecular weight excluding hydrogens is 440 g/mol. The van der Waals surface area contributed by atoms with Crippen molar-refractivity contribution >= 4 is 33.2 Å². The molecule has 6 nitrogen and oxygen atoms in total. The molecular formula is C23H15F2NO5S. The van der Waals surface area contributed by atoms with Gasteiger partial charge in [0.15, 0.2) is 17.3 Å². The van der Waals surface area contributed by atoms with E-state index in [0.29, 0.717) is 28.1 Å². The highest BCUT2D eigenvalue weighted by molar-refractivity contribution is 7.20. The van der Waals surface area contributed by atoms with Crippen molar-refractivity contribution in [3.63, 3.8) is 0 Å². The normalized spacial score (nSPS) is 11.0. The van der Waals surface area contributed by atoms with Crippen molar-refractivity contribution in [3.8, 4) is 22.6 Å². The molecule has 0 aliphatic rings. The molecule has 0 unspecified atom stereocenters. The van der Waals surface area contributed by atoms with Crippen LogP contribution in [0, 0.1) is 11.6 Å². The van der Waals surface area contributed by atoms with Gasteiger partial charge >= 0.3 is 5.97 Å². The number of Topliss-reactive ketones (excluding diaryl/α,β-unsaturated/α-hetero) is 1. The van der Waals surface area contributed by atoms with Crippen LogP contribution in [0.1, 0.15) is 27.0 Å². The minimum atomic E-state index is -1.18. The number of carboxylic acids is 1. The summed E-state index contributed by atoms with van der Waals surface area (Å²) in [5.41, 5.74) is 0.724. The van der Waals surface area contributed by atoms with Crippen LogP contribution in [0.2, 0.25) is 0 Å². The Labute approximate surface area is 183 Å². The second kappa shape index (κ2) is 8.01. The molecule has 162 valence electrons. The van der Waals surface area contributed by atoms with Gasteiger partial charge in [0, 0.05) is 41.4 Å². The Kier molecular flexibility index (Phi) is 5.35. The third-order valence-electron chi connectivity index (χ3n) is 4.86. The van der Waals surface area contributed by atoms with Crippen molar-refractivity contribution in [2.45, 2.75) is 6.92 Å². The fraction of sp³-hybridized carbons (Fsp3) is 0.0870. The molecule has 0 atom stereocenters. The first-order valence-electron chi connectivity index (χ1n) is 9.30. The molecule has 4 aromatic rings. The van der Waals surface area contributed by atoms with E-state index in [4.69, 9.17) is 4.74 Å². The third-order valence-corrected chi connectivity index (χ3v) is 5.97. The Balaban J connectivity index is 2.00. The number of carbonyl (C=O) groups is 2. The van der Waals surface area contributed by atoms with Gasteiger partial charge in [0.1, 0.15) is 21.1 Å². The van der Waals surface area contributed by atoms with Gasteiger partial charge in [-0.15, -0.1) is 11.3 Å². The van der Waals surface area contributed by atoms with Gasteiger partial charge in [-0.25, -0.2) is 13.6 Å². The standard InChI is InChI=1S/C23H15F2NO5S/c1-11(27)12-3-5-18(31-19-6-4-13(24)8-17(19)25)14(7-12)16-10-26(2)22(28)21-15(16)9-20(32-21)23(29)30/h3-10H,1-2H3,(H,29,30). The molecule has 0 radical (unpaired) electrons. The molecule has 0 fully saturated rings. The predicted octanol–water partition coefficient (Wildman–Crippen LogP) is 5.24. The predicted molar refractivity (Wildman–Crippen MR) is 116 cm³/mol. The number of benzene rings is 2. The number of aromatic nitrogens is 1. The minimum absolute atomic E-state index is 0.0284. The Morgan fingerprint density at radius 2 is 1.75 bits per heavy atom. The van der Waals surface area contributed by atoms with Crippen LogP contribution < -0.4 is 10.3 Å². The Hall–Kier alpha value is -3.85. The second-order valence-corrected chi connectivity index (χ2v) is 8.11. The number of aryl methyl sites for hydroxylation is 1. The van der Waals surface area contributed by atoms with Gasteiger partial charge in [0.25, 0.3) is 5.56 Å². The molecule has 0 spiro atoms. The van der Waals surface area contributed by atoms with Crippen molar-refractivity contribution in [1.82, 2.24) is 4.57 Å². The van der Waals surface area contributed by atoms with Crippen LogP contribution in [-0.2, 0) is 7.05 Å². The summed E-state index contributed by atoms with van der Waals surface area (Å²) in [4.78, 5) is 36.0. The molecule has 2 aromatic heterocycles. The zero-order valence-corrected chi connectivity index (χ0v) is 17.6. The summed E-state index contributed by atoms with van der Waals surface area (Å²) < 4.78 is 34.7. The third kappa shape index (κ3) is 3.78. The molecule has 0 saturated heterocycles. The summed E-state index contributed by atoms with van der Waals surface area (Å²) in [6.07, 6.45) is 1.50. The van der Waals surface area contributed by atoms with E-state index in [9.17, 15) is 28.3 Å². The van der Waals surface area contributed by atoms with Gasteiger partial charge in [0.2, 0.25) is 0 Å². The monoisotopic (exact) mass is 455 g/mol. The van der Waals surface area contributed by atoms with Gasteiger partial charge in [-0.05, 0) is 43.3 Å². The number of aromatic carboxylic acids is 1. The highest BCUT2D eigenvalue weighted by atomic mass is 32.1. The number of pyridine rings is 1. The van der Waals surface area contributed by atoms with E-state index in [-0.39, 0.29) is 32.4 Å². The Bertz CT molecular complexity index is 1470. The lowest BCUT2D eigenvalue weighted by molar-refractivity contribution is 0.0702. The SMILES string of the molecule is CC(=O)c1ccc(Oc2ccc(F)cc2F)c(-c2cn(C)c(=O)c3sc(C(=O)O)cc23)c1. The van der Waals surface area contributed by atoms with Gasteiger partial charge in [0.05, 0.1) is 0 Å². The van der Waals surface area contributed by atoms with Crippen LogP contribution in [-0.4, -0.2) is 21.4 Å². The fourth-order valence-electron chi connectivity index (χ4n) is 3.28. The van der Waals surface area contributed by atoms with Gasteiger partial charge < -0.3 is 14.4 Å². The summed E-state index contributed by atoms with van der Waals surface area (Å²) in [6, 6.07) is 8.73. The minimum Gasteiger partial charge on any atom is -0.477 e. The zero-order chi connectivity index (χ0) is 23.2. The van der Waals surface area contributed by atoms with E-state index in [0.717, 1.165) is 23.5 Å².